The minimum Gasteiger partial charge on any atom is -0.481 e. The average molecular weight is 143 g/mol. The summed E-state index contributed by atoms with van der Waals surface area (Å²) < 4.78 is 0. The highest BCUT2D eigenvalue weighted by Crippen LogP contribution is 1.89. The molecule has 0 aromatic rings. The number of hydrogen-bond acceptors (Lipinski definition) is 3. The fourth-order valence-electron chi connectivity index (χ4n) is 0.341. The van der Waals surface area contributed by atoms with Crippen molar-refractivity contribution in [2.45, 2.75) is 13.3 Å². The number of ketones is 1. The molecule has 0 saturated heterocycles. The maximum Gasteiger partial charge on any atom is 0.307 e. The normalized spacial score (nSPS) is 11.1. The van der Waals surface area contributed by atoms with E-state index in [0.29, 0.717) is 0 Å². The van der Waals surface area contributed by atoms with E-state index >= 15 is 0 Å². The zero-order chi connectivity index (χ0) is 8.15. The van der Waals surface area contributed by atoms with E-state index in [1.54, 1.807) is 0 Å². The summed E-state index contributed by atoms with van der Waals surface area (Å²) in [6.45, 7) is 1.29. The standard InChI is InChI=1S/C6H9NO3/c1-4(8)5(7)2-3-6(9)10/h2H,3,7H2,1H3,(H,9,10)/b5-2-. The summed E-state index contributed by atoms with van der Waals surface area (Å²) in [7, 11) is 0. The van der Waals surface area contributed by atoms with Gasteiger partial charge < -0.3 is 10.8 Å². The van der Waals surface area contributed by atoms with Gasteiger partial charge in [-0.2, -0.15) is 0 Å². The van der Waals surface area contributed by atoms with Crippen molar-refractivity contribution in [2.75, 3.05) is 0 Å². The molecule has 0 rings (SSSR count). The van der Waals surface area contributed by atoms with Crippen LogP contribution in [0.4, 0.5) is 0 Å². The summed E-state index contributed by atoms with van der Waals surface area (Å²) in [5.74, 6) is -1.30. The number of hydrogen-bond donors (Lipinski definition) is 2. The molecule has 0 aliphatic rings. The third-order valence-corrected chi connectivity index (χ3v) is 0.903. The number of carboxylic acid groups (broad SMARTS) is 1. The first kappa shape index (κ1) is 8.68. The zero-order valence-electron chi connectivity index (χ0n) is 5.63. The molecule has 0 radical (unpaired) electrons. The van der Waals surface area contributed by atoms with Crippen molar-refractivity contribution in [2.24, 2.45) is 5.73 Å². The number of Topliss-reactive ketones (excluding diaryl/α,β-unsaturated/α-hetero) is 1. The van der Waals surface area contributed by atoms with Crippen LogP contribution >= 0.6 is 0 Å². The lowest BCUT2D eigenvalue weighted by Crippen LogP contribution is -2.07. The van der Waals surface area contributed by atoms with Gasteiger partial charge in [-0.3, -0.25) is 9.59 Å². The molecule has 0 atom stereocenters. The van der Waals surface area contributed by atoms with Gasteiger partial charge in [-0.1, -0.05) is 0 Å². The molecule has 0 amide bonds. The quantitative estimate of drug-likeness (QED) is 0.540. The van der Waals surface area contributed by atoms with Crippen LogP contribution in [-0.2, 0) is 9.59 Å². The van der Waals surface area contributed by atoms with Gasteiger partial charge in [0.15, 0.2) is 5.78 Å². The Morgan fingerprint density at radius 2 is 2.10 bits per heavy atom. The Morgan fingerprint density at radius 1 is 1.60 bits per heavy atom. The number of aliphatic carboxylic acids is 1. The zero-order valence-corrected chi connectivity index (χ0v) is 5.63. The van der Waals surface area contributed by atoms with Crippen LogP contribution < -0.4 is 5.73 Å². The summed E-state index contributed by atoms with van der Waals surface area (Å²) in [5, 5.41) is 8.13. The van der Waals surface area contributed by atoms with Crippen molar-refractivity contribution in [1.29, 1.82) is 0 Å². The fourth-order valence-corrected chi connectivity index (χ4v) is 0.341. The Kier molecular flexibility index (Phi) is 3.17. The Bertz CT molecular complexity index is 183. The molecule has 4 heteroatoms. The molecule has 0 fully saturated rings. The molecule has 0 saturated carbocycles. The first-order chi connectivity index (χ1) is 4.54. The van der Waals surface area contributed by atoms with Crippen LogP contribution in [0.1, 0.15) is 13.3 Å². The Labute approximate surface area is 58.3 Å². The smallest absolute Gasteiger partial charge is 0.307 e. The minimum absolute atomic E-state index is 0.00222. The SMILES string of the molecule is CC(=O)/C(N)=C/CC(=O)O. The number of carbonyl (C=O) groups excluding carboxylic acids is 1. The Morgan fingerprint density at radius 3 is 2.40 bits per heavy atom. The summed E-state index contributed by atoms with van der Waals surface area (Å²) in [6.07, 6.45) is 0.982. The van der Waals surface area contributed by atoms with E-state index in [0.717, 1.165) is 0 Å². The number of nitrogens with two attached hydrogens (primary N) is 1. The van der Waals surface area contributed by atoms with Gasteiger partial charge in [-0.15, -0.1) is 0 Å². The summed E-state index contributed by atoms with van der Waals surface area (Å²) in [6, 6.07) is 0. The topological polar surface area (TPSA) is 80.4 Å². The largest absolute Gasteiger partial charge is 0.481 e. The van der Waals surface area contributed by atoms with E-state index in [-0.39, 0.29) is 17.9 Å². The van der Waals surface area contributed by atoms with Crippen molar-refractivity contribution < 1.29 is 14.7 Å². The van der Waals surface area contributed by atoms with Gasteiger partial charge in [-0.05, 0) is 6.08 Å². The van der Waals surface area contributed by atoms with Crippen LogP contribution in [0.25, 0.3) is 0 Å². The van der Waals surface area contributed by atoms with Crippen molar-refractivity contribution in [1.82, 2.24) is 0 Å². The van der Waals surface area contributed by atoms with Crippen LogP contribution in [-0.4, -0.2) is 16.9 Å². The fraction of sp³-hybridized carbons (Fsp3) is 0.333. The summed E-state index contributed by atoms with van der Waals surface area (Å²) in [4.78, 5) is 20.3. The van der Waals surface area contributed by atoms with Gasteiger partial charge in [0.2, 0.25) is 0 Å². The van der Waals surface area contributed by atoms with Gasteiger partial charge in [0.1, 0.15) is 0 Å². The van der Waals surface area contributed by atoms with E-state index in [9.17, 15) is 9.59 Å². The number of allylic oxidation sites excluding steroid dienone is 1. The maximum absolute atomic E-state index is 10.4. The molecular weight excluding hydrogens is 134 g/mol. The average Bonchev–Trinajstić information content (AvgIpc) is 1.82. The van der Waals surface area contributed by atoms with Crippen molar-refractivity contribution in [3.8, 4) is 0 Å². The van der Waals surface area contributed by atoms with Gasteiger partial charge in [-0.25, -0.2) is 0 Å². The minimum atomic E-state index is -0.996. The lowest BCUT2D eigenvalue weighted by atomic mass is 10.3. The Balaban J connectivity index is 3.92. The molecule has 0 aliphatic carbocycles. The molecule has 0 spiro atoms. The molecule has 56 valence electrons. The Hall–Kier alpha value is -1.32. The molecule has 0 heterocycles. The van der Waals surface area contributed by atoms with Gasteiger partial charge in [0.25, 0.3) is 0 Å². The molecule has 0 aromatic heterocycles. The maximum atomic E-state index is 10.4. The number of rotatable bonds is 3. The number of carbonyl (C=O) groups is 2. The van der Waals surface area contributed by atoms with Gasteiger partial charge in [0, 0.05) is 6.92 Å². The van der Waals surface area contributed by atoms with E-state index in [2.05, 4.69) is 0 Å². The summed E-state index contributed by atoms with van der Waals surface area (Å²) in [5.41, 5.74) is 5.12. The molecule has 0 bridgehead atoms. The summed E-state index contributed by atoms with van der Waals surface area (Å²) >= 11 is 0. The lowest BCUT2D eigenvalue weighted by molar-refractivity contribution is -0.136. The monoisotopic (exact) mass is 143 g/mol. The predicted molar refractivity (Wildman–Crippen MR) is 35.2 cm³/mol. The molecule has 3 N–H and O–H groups in total. The van der Waals surface area contributed by atoms with Crippen LogP contribution in [0, 0.1) is 0 Å². The second kappa shape index (κ2) is 3.66. The van der Waals surface area contributed by atoms with Crippen molar-refractivity contribution in [3.05, 3.63) is 11.8 Å². The highest BCUT2D eigenvalue weighted by molar-refractivity contribution is 5.92. The highest BCUT2D eigenvalue weighted by atomic mass is 16.4. The van der Waals surface area contributed by atoms with E-state index in [1.807, 2.05) is 0 Å². The van der Waals surface area contributed by atoms with Gasteiger partial charge >= 0.3 is 5.97 Å². The third-order valence-electron chi connectivity index (χ3n) is 0.903. The molecular formula is C6H9NO3. The number of carboxylic acids is 1. The highest BCUT2D eigenvalue weighted by Gasteiger charge is 1.97. The molecule has 4 nitrogen and oxygen atoms in total. The van der Waals surface area contributed by atoms with Crippen LogP contribution in [0.15, 0.2) is 11.8 Å². The third kappa shape index (κ3) is 3.65. The predicted octanol–water partition coefficient (Wildman–Crippen LogP) is -0.107. The molecule has 10 heavy (non-hydrogen) atoms. The van der Waals surface area contributed by atoms with E-state index < -0.39 is 5.97 Å². The van der Waals surface area contributed by atoms with E-state index in [4.69, 9.17) is 10.8 Å². The van der Waals surface area contributed by atoms with Crippen molar-refractivity contribution in [3.63, 3.8) is 0 Å². The first-order valence-electron chi connectivity index (χ1n) is 2.72. The van der Waals surface area contributed by atoms with E-state index in [1.165, 1.54) is 13.0 Å². The van der Waals surface area contributed by atoms with Crippen molar-refractivity contribution >= 4 is 11.8 Å². The molecule has 0 aromatic carbocycles. The lowest BCUT2D eigenvalue weighted by Gasteiger charge is -1.90. The van der Waals surface area contributed by atoms with Crippen LogP contribution in [0.5, 0.6) is 0 Å². The second-order valence-corrected chi connectivity index (χ2v) is 1.81. The van der Waals surface area contributed by atoms with Crippen LogP contribution in [0.2, 0.25) is 0 Å². The second-order valence-electron chi connectivity index (χ2n) is 1.81. The molecule has 0 unspecified atom stereocenters. The molecule has 0 aliphatic heterocycles. The van der Waals surface area contributed by atoms with Gasteiger partial charge in [0.05, 0.1) is 12.1 Å². The first-order valence-corrected chi connectivity index (χ1v) is 2.72. The van der Waals surface area contributed by atoms with Crippen LogP contribution in [0.3, 0.4) is 0 Å².